The van der Waals surface area contributed by atoms with Crippen LogP contribution in [0, 0.1) is 14.4 Å². The van der Waals surface area contributed by atoms with Gasteiger partial charge >= 0.3 is 0 Å². The molecule has 1 aliphatic carbocycles. The van der Waals surface area contributed by atoms with Crippen molar-refractivity contribution in [1.82, 2.24) is 0 Å². The van der Waals surface area contributed by atoms with Crippen LogP contribution >= 0.6 is 46.4 Å². The number of halogens is 4. The van der Waals surface area contributed by atoms with Crippen LogP contribution in [0.25, 0.3) is 10.8 Å². The molecule has 3 nitrogen and oxygen atoms in total. The third kappa shape index (κ3) is 4.96. The van der Waals surface area contributed by atoms with E-state index in [1.807, 2.05) is 43.3 Å². The van der Waals surface area contributed by atoms with Gasteiger partial charge in [0.05, 0.1) is 38.6 Å². The second-order valence-electron chi connectivity index (χ2n) is 7.65. The Morgan fingerprint density at radius 2 is 1.11 bits per heavy atom. The predicted octanol–water partition coefficient (Wildman–Crippen LogP) is 9.47. The Morgan fingerprint density at radius 3 is 1.54 bits per heavy atom. The summed E-state index contributed by atoms with van der Waals surface area (Å²) in [5, 5.41) is 3.82. The molecule has 0 heterocycles. The van der Waals surface area contributed by atoms with Gasteiger partial charge in [-0.05, 0) is 30.0 Å². The molecular weight excluding hydrogens is 569 g/mol. The minimum absolute atomic E-state index is 0. The first-order valence-corrected chi connectivity index (χ1v) is 11.6. The summed E-state index contributed by atoms with van der Waals surface area (Å²) in [4.78, 5) is 9.83. The predicted molar refractivity (Wildman–Crippen MR) is 147 cm³/mol. The first-order chi connectivity index (χ1) is 15.9. The van der Waals surface area contributed by atoms with Crippen LogP contribution in [-0.2, 0) is 16.5 Å². The first-order valence-electron chi connectivity index (χ1n) is 10.1. The molecule has 0 aliphatic heterocycles. The quantitative estimate of drug-likeness (QED) is 0.174. The van der Waals surface area contributed by atoms with Gasteiger partial charge in [0.1, 0.15) is 17.1 Å². The van der Waals surface area contributed by atoms with Crippen molar-refractivity contribution in [3.05, 3.63) is 105 Å². The van der Waals surface area contributed by atoms with Crippen LogP contribution in [0.4, 0.5) is 11.4 Å². The van der Waals surface area contributed by atoms with Gasteiger partial charge in [0.2, 0.25) is 0 Å². The Labute approximate surface area is 234 Å². The van der Waals surface area contributed by atoms with Gasteiger partial charge in [-0.2, -0.15) is 0 Å². The molecule has 0 radical (unpaired) electrons. The topological polar surface area (TPSA) is 34.0 Å². The zero-order chi connectivity index (χ0) is 23.3. The SMILES string of the molecule is COc1cc(Cl)c(N=C2C(=Nc3c(Cl)cc(C)cc3Cl)c3cccc4cccc2c34)c(Cl)c1.[CH3-].[Ni]. The first kappa shape index (κ1) is 27.5. The fourth-order valence-corrected chi connectivity index (χ4v) is 5.24. The summed E-state index contributed by atoms with van der Waals surface area (Å²) in [6, 6.07) is 19.2. The summed E-state index contributed by atoms with van der Waals surface area (Å²) in [5.41, 5.74) is 5.05. The molecule has 0 bridgehead atoms. The van der Waals surface area contributed by atoms with Gasteiger partial charge in [-0.15, -0.1) is 0 Å². The van der Waals surface area contributed by atoms with Crippen molar-refractivity contribution in [2.24, 2.45) is 9.98 Å². The third-order valence-corrected chi connectivity index (χ3v) is 6.63. The molecule has 0 spiro atoms. The van der Waals surface area contributed by atoms with Crippen LogP contribution < -0.4 is 4.74 Å². The fraction of sp³-hybridized carbons (Fsp3) is 0.0741. The van der Waals surface area contributed by atoms with Crippen molar-refractivity contribution in [2.75, 3.05) is 7.11 Å². The van der Waals surface area contributed by atoms with Crippen LogP contribution in [0.15, 0.2) is 70.6 Å². The monoisotopic (exact) mass is 585 g/mol. The second-order valence-corrected chi connectivity index (χ2v) is 9.28. The minimum atomic E-state index is 0. The molecule has 0 aromatic heterocycles. The van der Waals surface area contributed by atoms with Crippen molar-refractivity contribution in [3.8, 4) is 5.75 Å². The Balaban J connectivity index is 0.00000171. The van der Waals surface area contributed by atoms with E-state index in [4.69, 9.17) is 61.1 Å². The van der Waals surface area contributed by atoms with Gasteiger partial charge in [-0.25, -0.2) is 9.98 Å². The average Bonchev–Trinajstić information content (AvgIpc) is 3.07. The van der Waals surface area contributed by atoms with Crippen LogP contribution in [0.5, 0.6) is 5.75 Å². The van der Waals surface area contributed by atoms with E-state index in [2.05, 4.69) is 12.1 Å². The molecule has 1 aliphatic rings. The molecule has 0 N–H and O–H groups in total. The number of nitrogens with zero attached hydrogens (tertiary/aromatic N) is 2. The minimum Gasteiger partial charge on any atom is -0.497 e. The number of ether oxygens (including phenoxy) is 1. The van der Waals surface area contributed by atoms with Gasteiger partial charge in [0.25, 0.3) is 0 Å². The summed E-state index contributed by atoms with van der Waals surface area (Å²) in [7, 11) is 1.56. The summed E-state index contributed by atoms with van der Waals surface area (Å²) < 4.78 is 5.26. The smallest absolute Gasteiger partial charge is 0.121 e. The maximum Gasteiger partial charge on any atom is 0.121 e. The number of hydrogen-bond donors (Lipinski definition) is 0. The Morgan fingerprint density at radius 1 is 0.686 bits per heavy atom. The summed E-state index contributed by atoms with van der Waals surface area (Å²) >= 11 is 26.1. The maximum absolute atomic E-state index is 6.53. The Kier molecular flexibility index (Phi) is 8.57. The van der Waals surface area contributed by atoms with E-state index in [1.165, 1.54) is 0 Å². The van der Waals surface area contributed by atoms with Crippen molar-refractivity contribution in [1.29, 1.82) is 0 Å². The van der Waals surface area contributed by atoms with Gasteiger partial charge in [0.15, 0.2) is 0 Å². The molecule has 4 aromatic rings. The summed E-state index contributed by atoms with van der Waals surface area (Å²) in [6.45, 7) is 1.93. The third-order valence-electron chi connectivity index (χ3n) is 5.47. The number of rotatable bonds is 3. The standard InChI is InChI=1S/C26H16Cl4N2O.CH3.Ni/c1-13-9-18(27)25(19(28)10-13)31-23-16-7-3-5-14-6-4-8-17(22(14)16)24(23)32-26-20(29)11-15(33-2)12-21(26)30;;/h3-12H,1-2H3;1H3;/q;-1;. The maximum atomic E-state index is 6.53. The van der Waals surface area contributed by atoms with Gasteiger partial charge in [0, 0.05) is 45.1 Å². The van der Waals surface area contributed by atoms with Crippen molar-refractivity contribution >= 4 is 80.0 Å². The fourth-order valence-electron chi connectivity index (χ4n) is 4.01. The zero-order valence-electron chi connectivity index (χ0n) is 18.9. The van der Waals surface area contributed by atoms with E-state index in [1.54, 1.807) is 19.2 Å². The molecule has 182 valence electrons. The van der Waals surface area contributed by atoms with Crippen molar-refractivity contribution in [3.63, 3.8) is 0 Å². The molecule has 5 rings (SSSR count). The molecule has 0 amide bonds. The van der Waals surface area contributed by atoms with Gasteiger partial charge < -0.3 is 12.2 Å². The Hall–Kier alpha value is -2.07. The van der Waals surface area contributed by atoms with Crippen LogP contribution in [0.2, 0.25) is 20.1 Å². The van der Waals surface area contributed by atoms with Crippen LogP contribution in [-0.4, -0.2) is 18.5 Å². The molecule has 0 atom stereocenters. The van der Waals surface area contributed by atoms with Crippen molar-refractivity contribution in [2.45, 2.75) is 6.92 Å². The van der Waals surface area contributed by atoms with Gasteiger partial charge in [-0.1, -0.05) is 82.8 Å². The Bertz CT molecular complexity index is 1460. The average molecular weight is 588 g/mol. The number of aliphatic imine (C=N–C) groups is 2. The normalized spacial score (nSPS) is 14.2. The van der Waals surface area contributed by atoms with Crippen LogP contribution in [0.1, 0.15) is 16.7 Å². The number of aryl methyl sites for hydroxylation is 1. The number of methoxy groups -OCH3 is 1. The molecule has 0 fully saturated rings. The van der Waals surface area contributed by atoms with E-state index in [-0.39, 0.29) is 23.9 Å². The van der Waals surface area contributed by atoms with E-state index in [0.717, 1.165) is 27.5 Å². The van der Waals surface area contributed by atoms with E-state index < -0.39 is 0 Å². The van der Waals surface area contributed by atoms with Crippen molar-refractivity contribution < 1.29 is 21.2 Å². The second kappa shape index (κ2) is 10.9. The largest absolute Gasteiger partial charge is 0.497 e. The van der Waals surface area contributed by atoms with E-state index in [9.17, 15) is 0 Å². The number of benzene rings is 4. The summed E-state index contributed by atoms with van der Waals surface area (Å²) in [6.07, 6.45) is 0. The molecule has 0 saturated carbocycles. The molecule has 4 aromatic carbocycles. The zero-order valence-corrected chi connectivity index (χ0v) is 22.9. The van der Waals surface area contributed by atoms with E-state index >= 15 is 0 Å². The molecule has 8 heteroatoms. The number of hydrogen-bond acceptors (Lipinski definition) is 3. The molecular formula is C27H19Cl4N2NiO-. The molecule has 35 heavy (non-hydrogen) atoms. The van der Waals surface area contributed by atoms with Gasteiger partial charge in [-0.3, -0.25) is 0 Å². The molecule has 0 unspecified atom stereocenters. The molecule has 0 saturated heterocycles. The summed E-state index contributed by atoms with van der Waals surface area (Å²) in [5.74, 6) is 0.554. The van der Waals surface area contributed by atoms with Crippen LogP contribution in [0.3, 0.4) is 0 Å². The van der Waals surface area contributed by atoms with E-state index in [0.29, 0.717) is 48.6 Å².